The summed E-state index contributed by atoms with van der Waals surface area (Å²) in [6.07, 6.45) is 2.92. The molecular weight excluding hydrogens is 284 g/mol. The van der Waals surface area contributed by atoms with Gasteiger partial charge in [0.05, 0.1) is 10.9 Å². The fraction of sp³-hybridized carbons (Fsp3) is 0.625. The molecule has 1 aliphatic rings. The molecule has 0 aromatic heterocycles. The van der Waals surface area contributed by atoms with E-state index in [1.807, 2.05) is 38.1 Å². The van der Waals surface area contributed by atoms with Crippen molar-refractivity contribution in [2.24, 2.45) is 0 Å². The highest BCUT2D eigenvalue weighted by Crippen LogP contribution is 2.29. The molecular formula is C16H26N2O2S. The molecule has 0 bridgehead atoms. The van der Waals surface area contributed by atoms with Crippen molar-refractivity contribution in [2.45, 2.75) is 51.3 Å². The highest BCUT2D eigenvalue weighted by atomic mass is 32.2. The van der Waals surface area contributed by atoms with E-state index in [0.717, 1.165) is 30.5 Å². The Kier molecular flexibility index (Phi) is 5.27. The molecule has 21 heavy (non-hydrogen) atoms. The molecule has 0 radical (unpaired) electrons. The van der Waals surface area contributed by atoms with Gasteiger partial charge in [-0.2, -0.15) is 0 Å². The van der Waals surface area contributed by atoms with Crippen LogP contribution in [0.2, 0.25) is 0 Å². The fourth-order valence-electron chi connectivity index (χ4n) is 2.65. The lowest BCUT2D eigenvalue weighted by atomic mass is 10.1. The molecule has 0 fully saturated rings. The Morgan fingerprint density at radius 2 is 1.90 bits per heavy atom. The smallest absolute Gasteiger partial charge is 0.239 e. The molecule has 0 saturated carbocycles. The average molecular weight is 310 g/mol. The largest absolute Gasteiger partial charge is 0.313 e. The zero-order chi connectivity index (χ0) is 15.5. The maximum atomic E-state index is 12.9. The van der Waals surface area contributed by atoms with Crippen molar-refractivity contribution < 1.29 is 8.42 Å². The summed E-state index contributed by atoms with van der Waals surface area (Å²) < 4.78 is 27.4. The summed E-state index contributed by atoms with van der Waals surface area (Å²) in [5, 5.41) is 2.80. The van der Waals surface area contributed by atoms with E-state index < -0.39 is 15.3 Å². The molecule has 2 rings (SSSR count). The van der Waals surface area contributed by atoms with Gasteiger partial charge >= 0.3 is 0 Å². The third-order valence-electron chi connectivity index (χ3n) is 3.95. The third-order valence-corrected chi connectivity index (χ3v) is 6.12. The first-order valence-corrected chi connectivity index (χ1v) is 9.26. The number of aryl methyl sites for hydroxylation is 1. The normalized spacial score (nSPS) is 17.4. The lowest BCUT2D eigenvalue weighted by Gasteiger charge is -2.28. The maximum Gasteiger partial charge on any atom is 0.239 e. The van der Waals surface area contributed by atoms with Gasteiger partial charge in [0, 0.05) is 19.1 Å². The molecule has 5 heteroatoms. The minimum absolute atomic E-state index is 0.291. The van der Waals surface area contributed by atoms with Crippen molar-refractivity contribution >= 4 is 15.7 Å². The number of para-hydroxylation sites is 1. The molecule has 0 spiro atoms. The van der Waals surface area contributed by atoms with Gasteiger partial charge in [-0.3, -0.25) is 4.31 Å². The van der Waals surface area contributed by atoms with Gasteiger partial charge in [0.15, 0.2) is 0 Å². The number of fused-ring (bicyclic) bond motifs is 1. The van der Waals surface area contributed by atoms with E-state index in [1.54, 1.807) is 11.2 Å². The third kappa shape index (κ3) is 3.77. The van der Waals surface area contributed by atoms with Gasteiger partial charge < -0.3 is 5.32 Å². The Balaban J connectivity index is 2.27. The van der Waals surface area contributed by atoms with Crippen LogP contribution >= 0.6 is 0 Å². The Hall–Kier alpha value is -1.07. The summed E-state index contributed by atoms with van der Waals surface area (Å²) in [5.41, 5.74) is 2.01. The van der Waals surface area contributed by atoms with Crippen molar-refractivity contribution in [1.29, 1.82) is 0 Å². The molecule has 1 unspecified atom stereocenters. The number of benzene rings is 1. The standard InChI is InChI=1S/C16H26N2O2S/c1-13(2)17-12-14(3)21(19,20)18-11-7-6-9-15-8-4-5-10-16(15)18/h4-5,8,10,13-14,17H,6-7,9,11-12H2,1-3H3. The minimum Gasteiger partial charge on any atom is -0.313 e. The van der Waals surface area contributed by atoms with Gasteiger partial charge in [0.2, 0.25) is 10.0 Å². The quantitative estimate of drug-likeness (QED) is 0.909. The second-order valence-electron chi connectivity index (χ2n) is 6.08. The SMILES string of the molecule is CC(C)NCC(C)S(=O)(=O)N1CCCCc2ccccc21. The molecule has 0 aliphatic carbocycles. The predicted molar refractivity (Wildman–Crippen MR) is 88.2 cm³/mol. The van der Waals surface area contributed by atoms with Gasteiger partial charge in [-0.1, -0.05) is 32.0 Å². The van der Waals surface area contributed by atoms with Crippen molar-refractivity contribution in [3.05, 3.63) is 29.8 Å². The summed E-state index contributed by atoms with van der Waals surface area (Å²) in [4.78, 5) is 0. The summed E-state index contributed by atoms with van der Waals surface area (Å²) in [6, 6.07) is 8.17. The van der Waals surface area contributed by atoms with E-state index in [9.17, 15) is 8.42 Å². The highest BCUT2D eigenvalue weighted by molar-refractivity contribution is 7.93. The monoisotopic (exact) mass is 310 g/mol. The fourth-order valence-corrected chi connectivity index (χ4v) is 4.22. The maximum absolute atomic E-state index is 12.9. The van der Waals surface area contributed by atoms with E-state index in [0.29, 0.717) is 19.1 Å². The topological polar surface area (TPSA) is 49.4 Å². The second kappa shape index (κ2) is 6.79. The number of hydrogen-bond donors (Lipinski definition) is 1. The first-order valence-electron chi connectivity index (χ1n) is 7.75. The molecule has 118 valence electrons. The summed E-state index contributed by atoms with van der Waals surface area (Å²) >= 11 is 0. The van der Waals surface area contributed by atoms with E-state index in [2.05, 4.69) is 5.32 Å². The van der Waals surface area contributed by atoms with Crippen LogP contribution < -0.4 is 9.62 Å². The molecule has 1 aliphatic heterocycles. The van der Waals surface area contributed by atoms with Crippen molar-refractivity contribution in [2.75, 3.05) is 17.4 Å². The van der Waals surface area contributed by atoms with E-state index in [-0.39, 0.29) is 0 Å². The minimum atomic E-state index is -3.32. The number of rotatable bonds is 5. The van der Waals surface area contributed by atoms with Crippen molar-refractivity contribution in [3.63, 3.8) is 0 Å². The van der Waals surface area contributed by atoms with Crippen LogP contribution in [0.4, 0.5) is 5.69 Å². The number of nitrogens with zero attached hydrogens (tertiary/aromatic N) is 1. The van der Waals surface area contributed by atoms with Crippen LogP contribution in [0.15, 0.2) is 24.3 Å². The van der Waals surface area contributed by atoms with E-state index in [1.165, 1.54) is 0 Å². The van der Waals surface area contributed by atoms with Crippen LogP contribution in [0.5, 0.6) is 0 Å². The number of nitrogens with one attached hydrogen (secondary N) is 1. The van der Waals surface area contributed by atoms with Crippen LogP contribution in [0.1, 0.15) is 39.2 Å². The van der Waals surface area contributed by atoms with E-state index >= 15 is 0 Å². The molecule has 1 aromatic rings. The second-order valence-corrected chi connectivity index (χ2v) is 8.35. The molecule has 4 nitrogen and oxygen atoms in total. The van der Waals surface area contributed by atoms with Crippen LogP contribution in [-0.4, -0.2) is 32.8 Å². The number of hydrogen-bond acceptors (Lipinski definition) is 3. The molecule has 1 atom stereocenters. The van der Waals surface area contributed by atoms with Gasteiger partial charge in [-0.25, -0.2) is 8.42 Å². The summed E-state index contributed by atoms with van der Waals surface area (Å²) in [7, 11) is -3.32. The van der Waals surface area contributed by atoms with Crippen molar-refractivity contribution in [3.8, 4) is 0 Å². The van der Waals surface area contributed by atoms with Gasteiger partial charge in [-0.05, 0) is 37.8 Å². The first-order chi connectivity index (χ1) is 9.93. The summed E-state index contributed by atoms with van der Waals surface area (Å²) in [6.45, 7) is 6.92. The molecule has 1 heterocycles. The predicted octanol–water partition coefficient (Wildman–Crippen LogP) is 2.55. The van der Waals surface area contributed by atoms with Crippen LogP contribution in [0, 0.1) is 0 Å². The van der Waals surface area contributed by atoms with Gasteiger partial charge in [0.25, 0.3) is 0 Å². The van der Waals surface area contributed by atoms with E-state index in [4.69, 9.17) is 0 Å². The van der Waals surface area contributed by atoms with Crippen molar-refractivity contribution in [1.82, 2.24) is 5.32 Å². The van der Waals surface area contributed by atoms with Crippen LogP contribution in [-0.2, 0) is 16.4 Å². The lowest BCUT2D eigenvalue weighted by Crippen LogP contribution is -2.43. The molecule has 1 aromatic carbocycles. The average Bonchev–Trinajstić information content (AvgIpc) is 2.67. The molecule has 0 saturated heterocycles. The zero-order valence-electron chi connectivity index (χ0n) is 13.2. The van der Waals surface area contributed by atoms with Crippen LogP contribution in [0.25, 0.3) is 0 Å². The van der Waals surface area contributed by atoms with Crippen LogP contribution in [0.3, 0.4) is 0 Å². The Morgan fingerprint density at radius 3 is 2.62 bits per heavy atom. The Morgan fingerprint density at radius 1 is 1.19 bits per heavy atom. The number of sulfonamides is 1. The lowest BCUT2D eigenvalue weighted by molar-refractivity contribution is 0.546. The van der Waals surface area contributed by atoms with Gasteiger partial charge in [-0.15, -0.1) is 0 Å². The molecule has 0 amide bonds. The zero-order valence-corrected chi connectivity index (χ0v) is 14.0. The summed E-state index contributed by atoms with van der Waals surface area (Å²) in [5.74, 6) is 0. The Labute approximate surface area is 128 Å². The number of anilines is 1. The first kappa shape index (κ1) is 16.3. The Bertz CT molecular complexity index is 569. The molecule has 1 N–H and O–H groups in total. The highest BCUT2D eigenvalue weighted by Gasteiger charge is 2.31. The van der Waals surface area contributed by atoms with Gasteiger partial charge in [0.1, 0.15) is 0 Å².